The summed E-state index contributed by atoms with van der Waals surface area (Å²) in [7, 11) is 0. The number of rotatable bonds is 4. The summed E-state index contributed by atoms with van der Waals surface area (Å²) >= 11 is 13.3. The number of nitrogens with zero attached hydrogens (tertiary/aromatic N) is 2. The second kappa shape index (κ2) is 6.85. The highest BCUT2D eigenvalue weighted by Gasteiger charge is 2.07. The summed E-state index contributed by atoms with van der Waals surface area (Å²) in [5, 5.41) is 10.7. The van der Waals surface area contributed by atoms with E-state index in [9.17, 15) is 0 Å². The van der Waals surface area contributed by atoms with Gasteiger partial charge in [-0.25, -0.2) is 4.98 Å². The number of pyridine rings is 1. The molecule has 102 valence electrons. The van der Waals surface area contributed by atoms with Crippen LogP contribution in [0.3, 0.4) is 0 Å². The molecule has 0 unspecified atom stereocenters. The molecule has 0 aliphatic carbocycles. The fourth-order valence-corrected chi connectivity index (χ4v) is 2.45. The molecule has 0 aliphatic rings. The van der Waals surface area contributed by atoms with Gasteiger partial charge < -0.3 is 4.74 Å². The number of aromatic nitrogens is 1. The maximum Gasteiger partial charge on any atom is 0.147 e. The Bertz CT molecular complexity index is 671. The quantitative estimate of drug-likeness (QED) is 0.728. The summed E-state index contributed by atoms with van der Waals surface area (Å²) in [4.78, 5) is 4.23. The molecule has 0 saturated carbocycles. The third-order valence-corrected chi connectivity index (χ3v) is 3.98. The molecule has 3 nitrogen and oxygen atoms in total. The molecule has 2 aromatic rings. The molecular weight excluding hydrogens is 315 g/mol. The highest BCUT2D eigenvalue weighted by Crippen LogP contribution is 2.30. The normalized spacial score (nSPS) is 10.1. The first-order valence-corrected chi connectivity index (χ1v) is 7.54. The van der Waals surface area contributed by atoms with Gasteiger partial charge in [0.05, 0.1) is 21.8 Å². The van der Waals surface area contributed by atoms with E-state index in [1.807, 2.05) is 6.92 Å². The van der Waals surface area contributed by atoms with Gasteiger partial charge in [-0.1, -0.05) is 30.1 Å². The molecule has 0 bridgehead atoms. The summed E-state index contributed by atoms with van der Waals surface area (Å²) in [6.45, 7) is 2.01. The Morgan fingerprint density at radius 3 is 2.70 bits per heavy atom. The third-order valence-electron chi connectivity index (χ3n) is 2.35. The molecule has 0 N–H and O–H groups in total. The van der Waals surface area contributed by atoms with E-state index in [1.54, 1.807) is 30.5 Å². The first-order chi connectivity index (χ1) is 9.63. The van der Waals surface area contributed by atoms with Crippen molar-refractivity contribution in [2.24, 2.45) is 0 Å². The largest absolute Gasteiger partial charge is 0.456 e. The summed E-state index contributed by atoms with van der Waals surface area (Å²) in [6, 6.07) is 8.75. The van der Waals surface area contributed by atoms with Crippen molar-refractivity contribution in [2.75, 3.05) is 5.75 Å². The van der Waals surface area contributed by atoms with E-state index in [2.05, 4.69) is 11.1 Å². The second-order valence-electron chi connectivity index (χ2n) is 3.75. The molecule has 6 heteroatoms. The predicted octanol–water partition coefficient (Wildman–Crippen LogP) is 5.16. The lowest BCUT2D eigenvalue weighted by atomic mass is 10.3. The first kappa shape index (κ1) is 15.0. The lowest BCUT2D eigenvalue weighted by molar-refractivity contribution is 0.479. The lowest BCUT2D eigenvalue weighted by Crippen LogP contribution is -1.91. The molecule has 1 aromatic heterocycles. The smallest absolute Gasteiger partial charge is 0.147 e. The van der Waals surface area contributed by atoms with Crippen LogP contribution in [-0.4, -0.2) is 10.7 Å². The van der Waals surface area contributed by atoms with Gasteiger partial charge in [0, 0.05) is 12.1 Å². The molecule has 1 aromatic carbocycles. The van der Waals surface area contributed by atoms with Gasteiger partial charge in [0.2, 0.25) is 0 Å². The van der Waals surface area contributed by atoms with Crippen molar-refractivity contribution in [1.82, 2.24) is 4.98 Å². The maximum atomic E-state index is 9.12. The molecule has 0 atom stereocenters. The lowest BCUT2D eigenvalue weighted by Gasteiger charge is -2.08. The highest BCUT2D eigenvalue weighted by molar-refractivity contribution is 7.99. The molecule has 2 rings (SSSR count). The van der Waals surface area contributed by atoms with Crippen molar-refractivity contribution < 1.29 is 4.74 Å². The minimum absolute atomic E-state index is 0.413. The van der Waals surface area contributed by atoms with Crippen LogP contribution >= 0.6 is 35.0 Å². The number of nitriles is 1. The van der Waals surface area contributed by atoms with E-state index in [4.69, 9.17) is 33.2 Å². The Morgan fingerprint density at radius 2 is 2.05 bits per heavy atom. The van der Waals surface area contributed by atoms with Crippen LogP contribution in [0.2, 0.25) is 10.0 Å². The molecule has 0 spiro atoms. The minimum atomic E-state index is 0.413. The molecule has 20 heavy (non-hydrogen) atoms. The number of halogens is 2. The van der Waals surface area contributed by atoms with Crippen molar-refractivity contribution in [3.8, 4) is 17.6 Å². The van der Waals surface area contributed by atoms with Crippen LogP contribution in [0.25, 0.3) is 0 Å². The van der Waals surface area contributed by atoms with Gasteiger partial charge in [-0.15, -0.1) is 11.8 Å². The van der Waals surface area contributed by atoms with Crippen LogP contribution in [0, 0.1) is 11.3 Å². The fraction of sp³-hybridized carbons (Fsp3) is 0.143. The topological polar surface area (TPSA) is 45.9 Å². The molecular formula is C14H10Cl2N2OS. The third kappa shape index (κ3) is 3.57. The zero-order chi connectivity index (χ0) is 14.5. The van der Waals surface area contributed by atoms with E-state index in [-0.39, 0.29) is 0 Å². The van der Waals surface area contributed by atoms with E-state index < -0.39 is 0 Å². The molecule has 1 heterocycles. The SMILES string of the molecule is CCSc1ncc(Oc2ccc(Cl)c(Cl)c2)cc1C#N. The maximum absolute atomic E-state index is 9.12. The fourth-order valence-electron chi connectivity index (χ4n) is 1.50. The van der Waals surface area contributed by atoms with Crippen LogP contribution in [0.15, 0.2) is 35.5 Å². The Kier molecular flexibility index (Phi) is 5.13. The average molecular weight is 325 g/mol. The van der Waals surface area contributed by atoms with E-state index >= 15 is 0 Å². The minimum Gasteiger partial charge on any atom is -0.456 e. The zero-order valence-electron chi connectivity index (χ0n) is 10.6. The van der Waals surface area contributed by atoms with Crippen molar-refractivity contribution in [3.05, 3.63) is 46.1 Å². The van der Waals surface area contributed by atoms with Gasteiger partial charge >= 0.3 is 0 Å². The second-order valence-corrected chi connectivity index (χ2v) is 5.81. The van der Waals surface area contributed by atoms with Crippen LogP contribution in [0.5, 0.6) is 11.5 Å². The van der Waals surface area contributed by atoms with Crippen molar-refractivity contribution in [3.63, 3.8) is 0 Å². The van der Waals surface area contributed by atoms with Gasteiger partial charge in [-0.2, -0.15) is 5.26 Å². The van der Waals surface area contributed by atoms with Gasteiger partial charge in [0.15, 0.2) is 0 Å². The number of hydrogen-bond acceptors (Lipinski definition) is 4. The Labute approximate surface area is 131 Å². The van der Waals surface area contributed by atoms with Gasteiger partial charge in [-0.3, -0.25) is 0 Å². The van der Waals surface area contributed by atoms with Crippen molar-refractivity contribution >= 4 is 35.0 Å². The Hall–Kier alpha value is -1.41. The zero-order valence-corrected chi connectivity index (χ0v) is 12.9. The van der Waals surface area contributed by atoms with Gasteiger partial charge in [0.1, 0.15) is 22.6 Å². The van der Waals surface area contributed by atoms with Gasteiger partial charge in [-0.05, 0) is 17.9 Å². The monoisotopic (exact) mass is 324 g/mol. The van der Waals surface area contributed by atoms with Crippen LogP contribution in [0.4, 0.5) is 0 Å². The Balaban J connectivity index is 2.25. The van der Waals surface area contributed by atoms with Crippen LogP contribution in [0.1, 0.15) is 12.5 Å². The molecule has 0 amide bonds. The van der Waals surface area contributed by atoms with Crippen LogP contribution < -0.4 is 4.74 Å². The molecule has 0 fully saturated rings. The van der Waals surface area contributed by atoms with Crippen molar-refractivity contribution in [2.45, 2.75) is 11.9 Å². The van der Waals surface area contributed by atoms with Crippen LogP contribution in [-0.2, 0) is 0 Å². The number of thioether (sulfide) groups is 1. The molecule has 0 aliphatic heterocycles. The predicted molar refractivity (Wildman–Crippen MR) is 81.9 cm³/mol. The van der Waals surface area contributed by atoms with Gasteiger partial charge in [0.25, 0.3) is 0 Å². The first-order valence-electron chi connectivity index (χ1n) is 5.80. The Morgan fingerprint density at radius 1 is 1.25 bits per heavy atom. The van der Waals surface area contributed by atoms with E-state index in [1.165, 1.54) is 11.8 Å². The number of ether oxygens (including phenoxy) is 1. The average Bonchev–Trinajstić information content (AvgIpc) is 2.45. The number of benzene rings is 1. The summed E-state index contributed by atoms with van der Waals surface area (Å²) in [5.74, 6) is 1.88. The number of hydrogen-bond donors (Lipinski definition) is 0. The van der Waals surface area contributed by atoms with E-state index in [0.29, 0.717) is 32.1 Å². The summed E-state index contributed by atoms with van der Waals surface area (Å²) in [6.07, 6.45) is 1.58. The summed E-state index contributed by atoms with van der Waals surface area (Å²) in [5.41, 5.74) is 0.495. The standard InChI is InChI=1S/C14H10Cl2N2OS/c1-2-20-14-9(7-17)5-11(8-18-14)19-10-3-4-12(15)13(16)6-10/h3-6,8H,2H2,1H3. The molecule has 0 radical (unpaired) electrons. The summed E-state index contributed by atoms with van der Waals surface area (Å²) < 4.78 is 5.62. The highest BCUT2D eigenvalue weighted by atomic mass is 35.5. The van der Waals surface area contributed by atoms with E-state index in [0.717, 1.165) is 5.75 Å². The van der Waals surface area contributed by atoms with Crippen molar-refractivity contribution in [1.29, 1.82) is 5.26 Å². The molecule has 0 saturated heterocycles.